The van der Waals surface area contributed by atoms with Crippen LogP contribution in [0.1, 0.15) is 0 Å². The van der Waals surface area contributed by atoms with E-state index in [0.29, 0.717) is 5.69 Å². The molecule has 0 amide bonds. The van der Waals surface area contributed by atoms with E-state index >= 15 is 0 Å². The predicted molar refractivity (Wildman–Crippen MR) is 81.4 cm³/mol. The molecule has 6 nitrogen and oxygen atoms in total. The van der Waals surface area contributed by atoms with Gasteiger partial charge in [0.25, 0.3) is 0 Å². The molecule has 2 N–H and O–H groups in total. The van der Waals surface area contributed by atoms with Gasteiger partial charge in [0.15, 0.2) is 0 Å². The van der Waals surface area contributed by atoms with Crippen molar-refractivity contribution in [2.45, 2.75) is 4.90 Å². The molecule has 1 aromatic rings. The summed E-state index contributed by atoms with van der Waals surface area (Å²) >= 11 is 0. The number of sulfonamides is 1. The number of piperazine rings is 1. The highest BCUT2D eigenvalue weighted by Gasteiger charge is 2.25. The first-order valence-electron chi connectivity index (χ1n) is 6.58. The maximum Gasteiger partial charge on any atom is 0.244 e. The molecule has 1 aliphatic rings. The molecule has 7 heteroatoms. The summed E-state index contributed by atoms with van der Waals surface area (Å²) in [5.74, 6) is 0. The smallest absolute Gasteiger partial charge is 0.244 e. The Kier molecular flexibility index (Phi) is 4.22. The van der Waals surface area contributed by atoms with Crippen LogP contribution in [0.3, 0.4) is 0 Å². The van der Waals surface area contributed by atoms with Crippen molar-refractivity contribution in [3.05, 3.63) is 18.2 Å². The topological polar surface area (TPSA) is 69.9 Å². The third kappa shape index (κ3) is 2.89. The Morgan fingerprint density at radius 2 is 1.75 bits per heavy atom. The molecule has 1 saturated heterocycles. The van der Waals surface area contributed by atoms with Crippen molar-refractivity contribution < 1.29 is 8.42 Å². The average Bonchev–Trinajstić information content (AvgIpc) is 2.39. The summed E-state index contributed by atoms with van der Waals surface area (Å²) in [6, 6.07) is 5.10. The number of anilines is 2. The maximum atomic E-state index is 12.4. The van der Waals surface area contributed by atoms with E-state index < -0.39 is 10.0 Å². The number of hydrogen-bond donors (Lipinski definition) is 1. The van der Waals surface area contributed by atoms with Gasteiger partial charge in [-0.3, -0.25) is 0 Å². The Morgan fingerprint density at radius 1 is 1.15 bits per heavy atom. The molecule has 0 atom stereocenters. The highest BCUT2D eigenvalue weighted by atomic mass is 32.2. The molecule has 0 spiro atoms. The van der Waals surface area contributed by atoms with E-state index in [1.165, 1.54) is 18.4 Å². The third-order valence-electron chi connectivity index (χ3n) is 3.59. The molecule has 20 heavy (non-hydrogen) atoms. The summed E-state index contributed by atoms with van der Waals surface area (Å²) < 4.78 is 26.1. The summed E-state index contributed by atoms with van der Waals surface area (Å²) in [7, 11) is 1.64. The highest BCUT2D eigenvalue weighted by molar-refractivity contribution is 7.89. The van der Waals surface area contributed by atoms with Crippen LogP contribution in [-0.2, 0) is 10.0 Å². The predicted octanol–water partition coefficient (Wildman–Crippen LogP) is 0.271. The summed E-state index contributed by atoms with van der Waals surface area (Å²) in [6.45, 7) is 3.48. The molecular weight excluding hydrogens is 276 g/mol. The summed E-state index contributed by atoms with van der Waals surface area (Å²) in [5.41, 5.74) is 6.96. The van der Waals surface area contributed by atoms with Crippen LogP contribution in [0, 0.1) is 0 Å². The lowest BCUT2D eigenvalue weighted by Crippen LogP contribution is -2.45. The molecular formula is C13H22N4O2S. The van der Waals surface area contributed by atoms with Crippen LogP contribution in [0.2, 0.25) is 0 Å². The Morgan fingerprint density at radius 3 is 2.30 bits per heavy atom. The van der Waals surface area contributed by atoms with Crippen LogP contribution < -0.4 is 10.6 Å². The van der Waals surface area contributed by atoms with E-state index in [1.54, 1.807) is 18.2 Å². The van der Waals surface area contributed by atoms with Gasteiger partial charge < -0.3 is 15.5 Å². The van der Waals surface area contributed by atoms with Crippen molar-refractivity contribution in [3.8, 4) is 0 Å². The van der Waals surface area contributed by atoms with Crippen molar-refractivity contribution in [3.63, 3.8) is 0 Å². The lowest BCUT2D eigenvalue weighted by molar-refractivity contribution is 0.312. The third-order valence-corrected chi connectivity index (χ3v) is 5.43. The minimum absolute atomic E-state index is 0.284. The number of benzene rings is 1. The van der Waals surface area contributed by atoms with Gasteiger partial charge in [0, 0.05) is 46.0 Å². The fourth-order valence-corrected chi connectivity index (χ4v) is 3.38. The zero-order valence-electron chi connectivity index (χ0n) is 12.2. The van der Waals surface area contributed by atoms with Crippen LogP contribution in [-0.4, -0.2) is 64.9 Å². The standard InChI is InChI=1S/C13H22N4O2S/c1-15(2)20(18,19)13-10-11(14)4-5-12(13)17-8-6-16(3)7-9-17/h4-5,10H,6-9,14H2,1-3H3. The zero-order valence-corrected chi connectivity index (χ0v) is 13.0. The fourth-order valence-electron chi connectivity index (χ4n) is 2.24. The number of nitrogens with two attached hydrogens (primary N) is 1. The van der Waals surface area contributed by atoms with E-state index in [2.05, 4.69) is 16.8 Å². The van der Waals surface area contributed by atoms with E-state index in [0.717, 1.165) is 31.9 Å². The van der Waals surface area contributed by atoms with Gasteiger partial charge in [0.05, 0.1) is 5.69 Å². The number of nitrogens with zero attached hydrogens (tertiary/aromatic N) is 3. The van der Waals surface area contributed by atoms with Crippen LogP contribution in [0.15, 0.2) is 23.1 Å². The Balaban J connectivity index is 2.44. The second kappa shape index (κ2) is 5.59. The molecule has 112 valence electrons. The van der Waals surface area contributed by atoms with E-state index in [4.69, 9.17) is 5.73 Å². The quantitative estimate of drug-likeness (QED) is 0.811. The molecule has 1 aliphatic heterocycles. The fraction of sp³-hybridized carbons (Fsp3) is 0.538. The first-order chi connectivity index (χ1) is 9.32. The van der Waals surface area contributed by atoms with Crippen molar-refractivity contribution >= 4 is 21.4 Å². The first-order valence-corrected chi connectivity index (χ1v) is 8.02. The SMILES string of the molecule is CN1CCN(c2ccc(N)cc2S(=O)(=O)N(C)C)CC1. The summed E-state index contributed by atoms with van der Waals surface area (Å²) in [5, 5.41) is 0. The van der Waals surface area contributed by atoms with Gasteiger partial charge in [0.1, 0.15) is 4.90 Å². The Hall–Kier alpha value is -1.31. The van der Waals surface area contributed by atoms with Crippen molar-refractivity contribution in [2.24, 2.45) is 0 Å². The van der Waals surface area contributed by atoms with E-state index in [1.807, 2.05) is 0 Å². The van der Waals surface area contributed by atoms with Crippen LogP contribution in [0.5, 0.6) is 0 Å². The van der Waals surface area contributed by atoms with Gasteiger partial charge >= 0.3 is 0 Å². The largest absolute Gasteiger partial charge is 0.399 e. The molecule has 1 heterocycles. The van der Waals surface area contributed by atoms with Crippen molar-refractivity contribution in [1.82, 2.24) is 9.21 Å². The van der Waals surface area contributed by atoms with Crippen molar-refractivity contribution in [2.75, 3.05) is 58.0 Å². The minimum Gasteiger partial charge on any atom is -0.399 e. The molecule has 0 aliphatic carbocycles. The second-order valence-electron chi connectivity index (χ2n) is 5.30. The lowest BCUT2D eigenvalue weighted by atomic mass is 10.2. The van der Waals surface area contributed by atoms with Gasteiger partial charge in [-0.1, -0.05) is 0 Å². The maximum absolute atomic E-state index is 12.4. The van der Waals surface area contributed by atoms with Crippen LogP contribution in [0.4, 0.5) is 11.4 Å². The molecule has 0 radical (unpaired) electrons. The van der Waals surface area contributed by atoms with E-state index in [9.17, 15) is 8.42 Å². The number of nitrogen functional groups attached to an aromatic ring is 1. The Labute approximate surface area is 120 Å². The molecule has 1 aromatic carbocycles. The second-order valence-corrected chi connectivity index (χ2v) is 7.43. The van der Waals surface area contributed by atoms with Gasteiger partial charge in [-0.25, -0.2) is 12.7 Å². The first kappa shape index (κ1) is 15.1. The molecule has 1 fully saturated rings. The summed E-state index contributed by atoms with van der Waals surface area (Å²) in [4.78, 5) is 4.62. The van der Waals surface area contributed by atoms with Crippen LogP contribution in [0.25, 0.3) is 0 Å². The average molecular weight is 298 g/mol. The lowest BCUT2D eigenvalue weighted by Gasteiger charge is -2.35. The monoisotopic (exact) mass is 298 g/mol. The minimum atomic E-state index is -3.49. The number of hydrogen-bond acceptors (Lipinski definition) is 5. The van der Waals surface area contributed by atoms with Gasteiger partial charge in [-0.05, 0) is 25.2 Å². The molecule has 0 aromatic heterocycles. The normalized spacial score (nSPS) is 17.7. The Bertz CT molecular complexity index is 578. The summed E-state index contributed by atoms with van der Waals surface area (Å²) in [6.07, 6.45) is 0. The molecule has 0 unspecified atom stereocenters. The highest BCUT2D eigenvalue weighted by Crippen LogP contribution is 2.29. The zero-order chi connectivity index (χ0) is 14.9. The molecule has 0 bridgehead atoms. The van der Waals surface area contributed by atoms with Crippen LogP contribution >= 0.6 is 0 Å². The number of likely N-dealkylation sites (N-methyl/N-ethyl adjacent to an activating group) is 1. The van der Waals surface area contributed by atoms with Gasteiger partial charge in [-0.2, -0.15) is 0 Å². The van der Waals surface area contributed by atoms with Crippen molar-refractivity contribution in [1.29, 1.82) is 0 Å². The van der Waals surface area contributed by atoms with E-state index in [-0.39, 0.29) is 4.90 Å². The molecule has 0 saturated carbocycles. The van der Waals surface area contributed by atoms with Gasteiger partial charge in [-0.15, -0.1) is 0 Å². The van der Waals surface area contributed by atoms with Gasteiger partial charge in [0.2, 0.25) is 10.0 Å². The number of rotatable bonds is 3. The molecule has 2 rings (SSSR count).